The summed E-state index contributed by atoms with van der Waals surface area (Å²) in [7, 11) is -4.27. The van der Waals surface area contributed by atoms with E-state index in [1.165, 1.54) is 67.6 Å². The van der Waals surface area contributed by atoms with Crippen LogP contribution in [0.2, 0.25) is 0 Å². The monoisotopic (exact) mass is 497 g/mol. The van der Waals surface area contributed by atoms with Gasteiger partial charge in [0, 0.05) is 29.8 Å². The van der Waals surface area contributed by atoms with Crippen LogP contribution in [0.5, 0.6) is 0 Å². The van der Waals surface area contributed by atoms with Gasteiger partial charge in [0.25, 0.3) is 27.3 Å². The van der Waals surface area contributed by atoms with Crippen molar-refractivity contribution >= 4 is 38.7 Å². The van der Waals surface area contributed by atoms with Crippen molar-refractivity contribution in [1.82, 2.24) is 5.43 Å². The van der Waals surface area contributed by atoms with Crippen molar-refractivity contribution in [2.75, 3.05) is 10.8 Å². The van der Waals surface area contributed by atoms with Crippen LogP contribution in [-0.2, 0) is 14.8 Å². The van der Waals surface area contributed by atoms with Crippen LogP contribution in [0.15, 0.2) is 88.9 Å². The number of anilines is 1. The van der Waals surface area contributed by atoms with Gasteiger partial charge in [0.05, 0.1) is 26.1 Å². The average molecular weight is 497 g/mol. The van der Waals surface area contributed by atoms with Gasteiger partial charge in [0.1, 0.15) is 6.54 Å². The first-order valence-electron chi connectivity index (χ1n) is 10.00. The Kier molecular flexibility index (Phi) is 7.51. The smallest absolute Gasteiger partial charge is 0.271 e. The lowest BCUT2D eigenvalue weighted by Crippen LogP contribution is -2.39. The standard InChI is InChI=1S/C22H19N5O7S/c1-16(17-7-5-9-19(13-17)26(29)30)23-24-22(28)15-25(18-8-6-10-20(14-18)27(31)32)35(33,34)21-11-3-2-4-12-21/h2-14H,15H2,1H3,(H,24,28)/b23-16-. The predicted octanol–water partition coefficient (Wildman–Crippen LogP) is 3.24. The van der Waals surface area contributed by atoms with Crippen molar-refractivity contribution in [2.24, 2.45) is 5.10 Å². The molecule has 0 atom stereocenters. The minimum Gasteiger partial charge on any atom is -0.271 e. The van der Waals surface area contributed by atoms with Gasteiger partial charge in [0.2, 0.25) is 0 Å². The highest BCUT2D eigenvalue weighted by Crippen LogP contribution is 2.26. The number of hydrogen-bond donors (Lipinski definition) is 1. The Bertz CT molecular complexity index is 1410. The van der Waals surface area contributed by atoms with E-state index in [9.17, 15) is 33.4 Å². The quantitative estimate of drug-likeness (QED) is 0.269. The van der Waals surface area contributed by atoms with Crippen LogP contribution in [0.1, 0.15) is 12.5 Å². The van der Waals surface area contributed by atoms with Crippen molar-refractivity contribution in [2.45, 2.75) is 11.8 Å². The Hall–Kier alpha value is -4.65. The van der Waals surface area contributed by atoms with Gasteiger partial charge in [-0.2, -0.15) is 5.10 Å². The first kappa shape index (κ1) is 25.0. The zero-order valence-electron chi connectivity index (χ0n) is 18.3. The number of carbonyl (C=O) groups excluding carboxylic acids is 1. The number of rotatable bonds is 9. The van der Waals surface area contributed by atoms with Crippen LogP contribution in [0.25, 0.3) is 0 Å². The van der Waals surface area contributed by atoms with E-state index in [-0.39, 0.29) is 27.7 Å². The van der Waals surface area contributed by atoms with Gasteiger partial charge in [-0.15, -0.1) is 0 Å². The number of nitrogens with zero attached hydrogens (tertiary/aromatic N) is 4. The largest absolute Gasteiger partial charge is 0.271 e. The number of nitro groups is 2. The van der Waals surface area contributed by atoms with Crippen molar-refractivity contribution in [3.05, 3.63) is 105 Å². The second-order valence-electron chi connectivity index (χ2n) is 7.14. The fourth-order valence-corrected chi connectivity index (χ4v) is 4.45. The number of amides is 1. The van der Waals surface area contributed by atoms with Gasteiger partial charge in [-0.1, -0.05) is 36.4 Å². The minimum absolute atomic E-state index is 0.0856. The number of sulfonamides is 1. The molecule has 3 aromatic carbocycles. The lowest BCUT2D eigenvalue weighted by Gasteiger charge is -2.23. The zero-order valence-corrected chi connectivity index (χ0v) is 19.1. The number of benzene rings is 3. The SMILES string of the molecule is C/C(=N/NC(=O)CN(c1cccc([N+](=O)[O-])c1)S(=O)(=O)c1ccccc1)c1cccc([N+](=O)[O-])c1. The van der Waals surface area contributed by atoms with Crippen molar-refractivity contribution in [3.63, 3.8) is 0 Å². The minimum atomic E-state index is -4.27. The lowest BCUT2D eigenvalue weighted by atomic mass is 10.1. The highest BCUT2D eigenvalue weighted by Gasteiger charge is 2.28. The Morgan fingerprint density at radius 3 is 2.14 bits per heavy atom. The highest BCUT2D eigenvalue weighted by molar-refractivity contribution is 7.92. The summed E-state index contributed by atoms with van der Waals surface area (Å²) in [5.41, 5.74) is 2.26. The fourth-order valence-electron chi connectivity index (χ4n) is 3.02. The summed E-state index contributed by atoms with van der Waals surface area (Å²) in [4.78, 5) is 33.5. The number of carbonyl (C=O) groups is 1. The van der Waals surface area contributed by atoms with E-state index in [0.717, 1.165) is 10.4 Å². The molecule has 0 aliphatic carbocycles. The van der Waals surface area contributed by atoms with E-state index in [1.807, 2.05) is 0 Å². The molecule has 0 aliphatic heterocycles. The van der Waals surface area contributed by atoms with Crippen LogP contribution in [0.4, 0.5) is 17.1 Å². The Morgan fingerprint density at radius 2 is 1.51 bits per heavy atom. The van der Waals surface area contributed by atoms with E-state index in [1.54, 1.807) is 12.1 Å². The number of non-ortho nitro benzene ring substituents is 2. The molecule has 1 N–H and O–H groups in total. The normalized spacial score (nSPS) is 11.5. The maximum Gasteiger partial charge on any atom is 0.271 e. The van der Waals surface area contributed by atoms with E-state index < -0.39 is 32.3 Å². The van der Waals surface area contributed by atoms with Gasteiger partial charge >= 0.3 is 0 Å². The van der Waals surface area contributed by atoms with Crippen LogP contribution < -0.4 is 9.73 Å². The molecule has 35 heavy (non-hydrogen) atoms. The van der Waals surface area contributed by atoms with Gasteiger partial charge in [0.15, 0.2) is 0 Å². The Balaban J connectivity index is 1.90. The summed E-state index contributed by atoms with van der Waals surface area (Å²) >= 11 is 0. The molecule has 0 heterocycles. The first-order valence-corrected chi connectivity index (χ1v) is 11.4. The molecule has 0 bridgehead atoms. The summed E-state index contributed by atoms with van der Waals surface area (Å²) in [6.07, 6.45) is 0. The first-order chi connectivity index (χ1) is 16.6. The van der Waals surface area contributed by atoms with E-state index in [4.69, 9.17) is 0 Å². The molecule has 1 amide bonds. The van der Waals surface area contributed by atoms with Gasteiger partial charge in [-0.25, -0.2) is 13.8 Å². The second-order valence-corrected chi connectivity index (χ2v) is 9.00. The predicted molar refractivity (Wildman–Crippen MR) is 128 cm³/mol. The van der Waals surface area contributed by atoms with Crippen molar-refractivity contribution in [1.29, 1.82) is 0 Å². The molecule has 0 fully saturated rings. The molecule has 0 radical (unpaired) electrons. The molecule has 180 valence electrons. The molecule has 3 aromatic rings. The van der Waals surface area contributed by atoms with E-state index >= 15 is 0 Å². The molecule has 3 rings (SSSR count). The average Bonchev–Trinajstić information content (AvgIpc) is 2.86. The van der Waals surface area contributed by atoms with Crippen molar-refractivity contribution < 1.29 is 23.1 Å². The molecule has 12 nitrogen and oxygen atoms in total. The van der Waals surface area contributed by atoms with Crippen molar-refractivity contribution in [3.8, 4) is 0 Å². The fraction of sp³-hybridized carbons (Fsp3) is 0.0909. The van der Waals surface area contributed by atoms with E-state index in [0.29, 0.717) is 5.56 Å². The third kappa shape index (κ3) is 6.03. The summed E-state index contributed by atoms with van der Waals surface area (Å²) in [6.45, 7) is 0.780. The maximum atomic E-state index is 13.3. The summed E-state index contributed by atoms with van der Waals surface area (Å²) in [6, 6.07) is 17.8. The number of hydrazone groups is 1. The summed E-state index contributed by atoms with van der Waals surface area (Å²) < 4.78 is 27.3. The van der Waals surface area contributed by atoms with Gasteiger partial charge < -0.3 is 0 Å². The zero-order chi connectivity index (χ0) is 25.6. The number of nitrogens with one attached hydrogen (secondary N) is 1. The number of nitro benzene ring substituents is 2. The maximum absolute atomic E-state index is 13.3. The summed E-state index contributed by atoms with van der Waals surface area (Å²) in [5, 5.41) is 26.1. The van der Waals surface area contributed by atoms with Crippen LogP contribution in [0, 0.1) is 20.2 Å². The molecule has 13 heteroatoms. The second kappa shape index (κ2) is 10.5. The molecule has 0 saturated carbocycles. The molecule has 0 unspecified atom stereocenters. The van der Waals surface area contributed by atoms with Crippen LogP contribution in [-0.4, -0.2) is 36.4 Å². The van der Waals surface area contributed by atoms with Gasteiger partial charge in [-0.3, -0.25) is 29.3 Å². The van der Waals surface area contributed by atoms with E-state index in [2.05, 4.69) is 10.5 Å². The summed E-state index contributed by atoms with van der Waals surface area (Å²) in [5.74, 6) is -0.833. The molecule has 0 aliphatic rings. The third-order valence-corrected chi connectivity index (χ3v) is 6.56. The molecular formula is C22H19N5O7S. The van der Waals surface area contributed by atoms with Gasteiger partial charge in [-0.05, 0) is 25.1 Å². The Labute approximate surface area is 199 Å². The lowest BCUT2D eigenvalue weighted by molar-refractivity contribution is -0.385. The molecule has 0 spiro atoms. The topological polar surface area (TPSA) is 165 Å². The molecule has 0 saturated heterocycles. The van der Waals surface area contributed by atoms with Crippen LogP contribution >= 0.6 is 0 Å². The van der Waals surface area contributed by atoms with Crippen LogP contribution in [0.3, 0.4) is 0 Å². The number of hydrogen-bond acceptors (Lipinski definition) is 8. The molecular weight excluding hydrogens is 478 g/mol. The Morgan fingerprint density at radius 1 is 0.914 bits per heavy atom. The third-order valence-electron chi connectivity index (χ3n) is 4.77. The molecule has 0 aromatic heterocycles. The highest BCUT2D eigenvalue weighted by atomic mass is 32.2.